The number of aryl methyl sites for hydroxylation is 3. The molecule has 9 nitrogen and oxygen atoms in total. The van der Waals surface area contributed by atoms with E-state index in [9.17, 15) is 14.3 Å². The first-order chi connectivity index (χ1) is 14.9. The summed E-state index contributed by atoms with van der Waals surface area (Å²) in [5.41, 5.74) is 5.21. The van der Waals surface area contributed by atoms with Gasteiger partial charge in [0, 0.05) is 25.1 Å². The standard InChI is InChI=1S/C21H24N6O3S/c22-8-7-12-5-6-14-11-13-3-1-4-15(13)17(16(12)14)25-20(28)18-19(31(23,24)29)21-27(26-18)9-2-10-30-21/h11-12H,1-7,9-10H2,(H,25,28)(H3,23,24,29)/t12-/m0/s1. The van der Waals surface area contributed by atoms with Gasteiger partial charge < -0.3 is 10.1 Å². The zero-order valence-corrected chi connectivity index (χ0v) is 17.9. The molecule has 1 aliphatic heterocycles. The average Bonchev–Trinajstić information content (AvgIpc) is 3.44. The maximum absolute atomic E-state index is 13.4. The summed E-state index contributed by atoms with van der Waals surface area (Å²) in [5, 5.41) is 22.3. The number of aromatic nitrogens is 2. The molecule has 2 atom stereocenters. The minimum absolute atomic E-state index is 0.0779. The van der Waals surface area contributed by atoms with Gasteiger partial charge in [0.25, 0.3) is 5.91 Å². The molecule has 4 N–H and O–H groups in total. The van der Waals surface area contributed by atoms with Gasteiger partial charge in [-0.05, 0) is 60.3 Å². The molecule has 0 bridgehead atoms. The molecular formula is C21H24N6O3S. The summed E-state index contributed by atoms with van der Waals surface area (Å²) < 4.78 is 27.5. The third kappa shape index (κ3) is 3.28. The number of nitriles is 1. The van der Waals surface area contributed by atoms with E-state index in [0.717, 1.165) is 48.9 Å². The van der Waals surface area contributed by atoms with Crippen molar-refractivity contribution in [3.63, 3.8) is 0 Å². The Balaban J connectivity index is 1.60. The van der Waals surface area contributed by atoms with E-state index in [-0.39, 0.29) is 22.4 Å². The topological polar surface area (TPSA) is 147 Å². The average molecular weight is 441 g/mol. The first-order valence-corrected chi connectivity index (χ1v) is 12.2. The summed E-state index contributed by atoms with van der Waals surface area (Å²) in [6, 6.07) is 4.50. The van der Waals surface area contributed by atoms with Crippen LogP contribution in [0.3, 0.4) is 0 Å². The molecule has 0 saturated carbocycles. The van der Waals surface area contributed by atoms with E-state index in [1.165, 1.54) is 15.8 Å². The second-order valence-corrected chi connectivity index (χ2v) is 9.99. The number of hydrogen-bond acceptors (Lipinski definition) is 6. The van der Waals surface area contributed by atoms with E-state index in [4.69, 9.17) is 14.7 Å². The van der Waals surface area contributed by atoms with Gasteiger partial charge in [0.1, 0.15) is 9.92 Å². The summed E-state index contributed by atoms with van der Waals surface area (Å²) in [7, 11) is -3.72. The van der Waals surface area contributed by atoms with Crippen LogP contribution >= 0.6 is 0 Å². The molecule has 0 spiro atoms. The molecule has 1 amide bonds. The SMILES string of the molecule is N#CC[C@@H]1CCc2cc3c(c(NC(=O)c4nn5c(c4S(=N)(N)=O)OCCC5)c21)CCC3. The highest BCUT2D eigenvalue weighted by atomic mass is 32.2. The highest BCUT2D eigenvalue weighted by molar-refractivity contribution is 7.90. The van der Waals surface area contributed by atoms with Gasteiger partial charge in [-0.25, -0.2) is 18.8 Å². The monoisotopic (exact) mass is 440 g/mol. The minimum Gasteiger partial charge on any atom is -0.477 e. The van der Waals surface area contributed by atoms with Gasteiger partial charge >= 0.3 is 0 Å². The van der Waals surface area contributed by atoms with Crippen molar-refractivity contribution in [2.24, 2.45) is 5.14 Å². The normalized spacial score (nSPS) is 20.7. The van der Waals surface area contributed by atoms with Crippen LogP contribution in [0.5, 0.6) is 5.88 Å². The third-order valence-corrected chi connectivity index (χ3v) is 7.38. The number of benzene rings is 1. The van der Waals surface area contributed by atoms with Crippen LogP contribution in [0.25, 0.3) is 0 Å². The highest BCUT2D eigenvalue weighted by Gasteiger charge is 2.34. The van der Waals surface area contributed by atoms with Gasteiger partial charge in [-0.2, -0.15) is 10.4 Å². The number of amides is 1. The van der Waals surface area contributed by atoms with Crippen LogP contribution in [0.2, 0.25) is 0 Å². The van der Waals surface area contributed by atoms with E-state index in [2.05, 4.69) is 22.6 Å². The van der Waals surface area contributed by atoms with E-state index in [1.807, 2.05) is 0 Å². The summed E-state index contributed by atoms with van der Waals surface area (Å²) in [6.07, 6.45) is 5.72. The Hall–Kier alpha value is -2.90. The zero-order valence-electron chi connectivity index (χ0n) is 17.1. The third-order valence-electron chi connectivity index (χ3n) is 6.41. The summed E-state index contributed by atoms with van der Waals surface area (Å²) in [5.74, 6) is -0.324. The predicted octanol–water partition coefficient (Wildman–Crippen LogP) is 2.63. The van der Waals surface area contributed by atoms with E-state index in [0.29, 0.717) is 26.0 Å². The fraction of sp³-hybridized carbons (Fsp3) is 0.476. The van der Waals surface area contributed by atoms with Crippen molar-refractivity contribution in [1.82, 2.24) is 9.78 Å². The molecule has 10 heteroatoms. The van der Waals surface area contributed by atoms with Gasteiger partial charge in [0.05, 0.1) is 12.7 Å². The number of rotatable bonds is 4. The first-order valence-electron chi connectivity index (χ1n) is 10.5. The maximum Gasteiger partial charge on any atom is 0.277 e. The van der Waals surface area contributed by atoms with E-state index in [1.54, 1.807) is 0 Å². The number of nitrogens with one attached hydrogen (secondary N) is 2. The Morgan fingerprint density at radius 2 is 2.23 bits per heavy atom. The lowest BCUT2D eigenvalue weighted by Gasteiger charge is -2.19. The molecule has 1 aromatic carbocycles. The van der Waals surface area contributed by atoms with Crippen molar-refractivity contribution < 1.29 is 13.7 Å². The zero-order chi connectivity index (χ0) is 21.8. The van der Waals surface area contributed by atoms with Crippen LogP contribution in [0.1, 0.15) is 64.3 Å². The van der Waals surface area contributed by atoms with Crippen LogP contribution in [0.4, 0.5) is 5.69 Å². The van der Waals surface area contributed by atoms with Crippen molar-refractivity contribution in [1.29, 1.82) is 10.0 Å². The fourth-order valence-electron chi connectivity index (χ4n) is 5.13. The molecule has 5 rings (SSSR count). The molecule has 162 valence electrons. The van der Waals surface area contributed by atoms with Gasteiger partial charge in [0.2, 0.25) is 5.88 Å². The molecule has 3 aliphatic rings. The molecule has 0 fully saturated rings. The fourth-order valence-corrected chi connectivity index (χ4v) is 5.97. The van der Waals surface area contributed by atoms with Gasteiger partial charge in [0.15, 0.2) is 10.6 Å². The van der Waals surface area contributed by atoms with Crippen LogP contribution in [-0.2, 0) is 35.7 Å². The van der Waals surface area contributed by atoms with Gasteiger partial charge in [-0.1, -0.05) is 6.07 Å². The summed E-state index contributed by atoms with van der Waals surface area (Å²) in [6.45, 7) is 0.899. The van der Waals surface area contributed by atoms with E-state index >= 15 is 0 Å². The molecule has 1 unspecified atom stereocenters. The molecular weight excluding hydrogens is 416 g/mol. The largest absolute Gasteiger partial charge is 0.477 e. The van der Waals surface area contributed by atoms with Crippen molar-refractivity contribution in [2.75, 3.05) is 11.9 Å². The van der Waals surface area contributed by atoms with Gasteiger partial charge in [-0.3, -0.25) is 4.79 Å². The smallest absolute Gasteiger partial charge is 0.277 e. The lowest BCUT2D eigenvalue weighted by Crippen LogP contribution is -2.21. The lowest BCUT2D eigenvalue weighted by atomic mass is 9.92. The first kappa shape index (κ1) is 20.0. The number of nitrogens with zero attached hydrogens (tertiary/aromatic N) is 3. The molecule has 31 heavy (non-hydrogen) atoms. The second kappa shape index (κ2) is 7.35. The Labute approximate surface area is 180 Å². The minimum atomic E-state index is -3.72. The second-order valence-electron chi connectivity index (χ2n) is 8.38. The Morgan fingerprint density at radius 1 is 1.39 bits per heavy atom. The quantitative estimate of drug-likeness (QED) is 0.669. The lowest BCUT2D eigenvalue weighted by molar-refractivity contribution is 0.101. The number of carbonyl (C=O) groups excluding carboxylic acids is 1. The van der Waals surface area contributed by atoms with E-state index < -0.39 is 15.8 Å². The number of anilines is 1. The molecule has 2 aliphatic carbocycles. The summed E-state index contributed by atoms with van der Waals surface area (Å²) >= 11 is 0. The number of carbonyl (C=O) groups is 1. The Kier molecular flexibility index (Phi) is 4.75. The van der Waals surface area contributed by atoms with Crippen LogP contribution in [0.15, 0.2) is 11.0 Å². The van der Waals surface area contributed by atoms with Crippen LogP contribution in [-0.4, -0.2) is 26.5 Å². The van der Waals surface area contributed by atoms with Gasteiger partial charge in [-0.15, -0.1) is 0 Å². The number of fused-ring (bicyclic) bond motifs is 3. The van der Waals surface area contributed by atoms with Crippen LogP contribution in [0, 0.1) is 16.1 Å². The molecule has 2 aromatic rings. The predicted molar refractivity (Wildman–Crippen MR) is 113 cm³/mol. The number of nitrogens with two attached hydrogens (primary N) is 1. The molecule has 0 radical (unpaired) electrons. The van der Waals surface area contributed by atoms with Crippen molar-refractivity contribution in [3.8, 4) is 11.9 Å². The van der Waals surface area contributed by atoms with Crippen molar-refractivity contribution in [3.05, 3.63) is 34.0 Å². The van der Waals surface area contributed by atoms with Crippen molar-refractivity contribution >= 4 is 21.5 Å². The molecule has 2 heterocycles. The Morgan fingerprint density at radius 3 is 3.00 bits per heavy atom. The summed E-state index contributed by atoms with van der Waals surface area (Å²) in [4.78, 5) is 13.2. The van der Waals surface area contributed by atoms with Crippen LogP contribution < -0.4 is 15.2 Å². The number of hydrogen-bond donors (Lipinski definition) is 3. The van der Waals surface area contributed by atoms with Crippen molar-refractivity contribution in [2.45, 2.75) is 62.3 Å². The number of ether oxygens (including phenoxy) is 1. The molecule has 0 saturated heterocycles. The molecule has 1 aromatic heterocycles. The Bertz CT molecular complexity index is 1240. The highest BCUT2D eigenvalue weighted by Crippen LogP contribution is 2.45. The maximum atomic E-state index is 13.4.